The van der Waals surface area contributed by atoms with Crippen LogP contribution in [0.4, 0.5) is 24.1 Å². The first-order chi connectivity index (χ1) is 57.4. The van der Waals surface area contributed by atoms with Crippen LogP contribution < -0.4 is 27.0 Å². The molecule has 3 aliphatic heterocycles. The Labute approximate surface area is 694 Å². The molecule has 37 heteroatoms. The normalized spacial score (nSPS) is 29.4. The van der Waals surface area contributed by atoms with Gasteiger partial charge in [-0.3, -0.25) is 48.1 Å². The molecular formula is C83H117F2N9O26. The van der Waals surface area contributed by atoms with Crippen molar-refractivity contribution in [2.75, 3.05) is 97.6 Å². The van der Waals surface area contributed by atoms with Crippen LogP contribution in [0.1, 0.15) is 173 Å². The summed E-state index contributed by atoms with van der Waals surface area (Å²) in [4.78, 5) is 147. The number of halogens is 2. The molecule has 5 aliphatic carbocycles. The Morgan fingerprint density at radius 1 is 0.758 bits per heavy atom. The van der Waals surface area contributed by atoms with E-state index in [2.05, 4.69) is 31.6 Å². The number of nitrogens with zero attached hydrogens (tertiary/aromatic N) is 4. The summed E-state index contributed by atoms with van der Waals surface area (Å²) in [5, 5.41) is 73.2. The number of unbranched alkanes of at least 4 members (excludes halogenated alkanes) is 1. The molecule has 0 radical (unpaired) electrons. The number of anilines is 1. The van der Waals surface area contributed by atoms with Gasteiger partial charge in [0, 0.05) is 78.8 Å². The zero-order valence-corrected chi connectivity index (χ0v) is 68.7. The number of ether oxygens (including phenoxy) is 10. The summed E-state index contributed by atoms with van der Waals surface area (Å²) in [6.07, 6.45) is -4.50. The number of aliphatic hydroxyl groups excluding tert-OH is 5. The molecule has 0 bridgehead atoms. The van der Waals surface area contributed by atoms with E-state index in [1.165, 1.54) is 48.0 Å². The number of nitrogens with two attached hydrogens (primary N) is 1. The van der Waals surface area contributed by atoms with Crippen molar-refractivity contribution in [1.82, 2.24) is 35.8 Å². The minimum Gasteiger partial charge on any atom is -0.429 e. The average molecular weight is 1690 g/mol. The Balaban J connectivity index is 0.716. The number of alkyl halides is 2. The molecule has 1 aromatic carbocycles. The maximum Gasteiger partial charge on any atom is 0.509 e. The fraction of sp³-hybridized carbons (Fsp3) is 0.699. The summed E-state index contributed by atoms with van der Waals surface area (Å²) in [5.74, 6) is -8.87. The number of rotatable bonds is 46. The highest BCUT2D eigenvalue weighted by Crippen LogP contribution is 2.72. The van der Waals surface area contributed by atoms with Gasteiger partial charge in [0.05, 0.1) is 90.0 Å². The van der Waals surface area contributed by atoms with Gasteiger partial charge in [0.2, 0.25) is 23.5 Å². The summed E-state index contributed by atoms with van der Waals surface area (Å²) >= 11 is 0. The summed E-state index contributed by atoms with van der Waals surface area (Å²) in [6.45, 7) is 8.04. The molecule has 1 aromatic heterocycles. The number of carbonyl (C=O) groups is 11. The van der Waals surface area contributed by atoms with Gasteiger partial charge in [-0.2, -0.15) is 0 Å². The highest BCUT2D eigenvalue weighted by molar-refractivity contribution is 6.13. The molecule has 8 aliphatic rings. The van der Waals surface area contributed by atoms with Gasteiger partial charge in [0.15, 0.2) is 42.0 Å². The van der Waals surface area contributed by atoms with Crippen molar-refractivity contribution < 1.29 is 134 Å². The van der Waals surface area contributed by atoms with Crippen LogP contribution in [0.15, 0.2) is 60.2 Å². The van der Waals surface area contributed by atoms with E-state index in [4.69, 9.17) is 53.1 Å². The zero-order chi connectivity index (χ0) is 86.6. The molecule has 7 amide bonds. The first-order valence-corrected chi connectivity index (χ1v) is 41.8. The number of aliphatic hydroxyl groups is 5. The number of allylic oxidation sites excluding steroid dienone is 4. The molecule has 4 heterocycles. The van der Waals surface area contributed by atoms with E-state index in [-0.39, 0.29) is 161 Å². The van der Waals surface area contributed by atoms with Gasteiger partial charge in [-0.05, 0) is 125 Å². The Hall–Kier alpha value is -8.31. The summed E-state index contributed by atoms with van der Waals surface area (Å²) < 4.78 is 93.5. The molecule has 2 unspecified atom stereocenters. The second-order valence-corrected chi connectivity index (χ2v) is 32.9. The molecule has 0 spiro atoms. The van der Waals surface area contributed by atoms with Crippen molar-refractivity contribution in [1.29, 1.82) is 0 Å². The number of primary amides is 1. The molecule has 2 saturated heterocycles. The van der Waals surface area contributed by atoms with E-state index in [1.807, 2.05) is 6.92 Å². The van der Waals surface area contributed by atoms with Crippen LogP contribution >= 0.6 is 0 Å². The second-order valence-electron chi connectivity index (χ2n) is 32.9. The van der Waals surface area contributed by atoms with E-state index >= 15 is 8.78 Å². The van der Waals surface area contributed by atoms with Gasteiger partial charge in [-0.15, -0.1) is 5.10 Å². The number of Topliss-reactive ketones (excluding diaryl/α,β-unsaturated/α-hetero) is 3. The summed E-state index contributed by atoms with van der Waals surface area (Å²) in [7, 11) is 0. The SMILES string of the molecule is CCCC1O[C@@H]2C[C@H]3[C@@H]4C[C@H](F)C5=CC(=O)C=C[C@]5(C)[C@@]4(F)[C@@H](O)C[C@]3(C)[C@]2(C(=O)COC(=O)OCc2ccc(NC(=O)[C@H](CCCNC(N)=O)CC(=O)[C@@H](NC(=O)[C@@H](CCCCNC(=O)COC3CCCCCc4c3nnn4[C@@H]3O[C@H](CO)[C@H](O)[C@H](O)[C@H]3O)CC(=O)CCOCCOCCOCCOCCN3C(=O)C=CC3=O)C(C)C)cc2)O1. The molecule has 2 aromatic rings. The number of nitrogens with one attached hydrogen (secondary N) is 4. The van der Waals surface area contributed by atoms with Crippen molar-refractivity contribution in [3.8, 4) is 0 Å². The number of fused-ring (bicyclic) bond motifs is 8. The summed E-state index contributed by atoms with van der Waals surface area (Å²) in [6, 6.07) is 4.16. The maximum absolute atomic E-state index is 18.0. The van der Waals surface area contributed by atoms with Crippen molar-refractivity contribution in [2.24, 2.45) is 46.2 Å². The number of amides is 7. The van der Waals surface area contributed by atoms with E-state index in [0.717, 1.165) is 30.2 Å². The van der Waals surface area contributed by atoms with Crippen molar-refractivity contribution in [3.63, 3.8) is 0 Å². The van der Waals surface area contributed by atoms with Crippen LogP contribution in [-0.2, 0) is 104 Å². The number of benzene rings is 1. The molecule has 664 valence electrons. The number of carbonyl (C=O) groups excluding carboxylic acids is 11. The average Bonchev–Trinajstić information content (AvgIpc) is 1.11. The highest BCUT2D eigenvalue weighted by Gasteiger charge is 2.80. The number of aromatic nitrogens is 3. The lowest BCUT2D eigenvalue weighted by molar-refractivity contribution is -0.254. The Bertz CT molecular complexity index is 4000. The predicted molar refractivity (Wildman–Crippen MR) is 418 cm³/mol. The smallest absolute Gasteiger partial charge is 0.429 e. The maximum atomic E-state index is 18.0. The standard InChI is InChI=1S/C83H117F2N9O26/c1-6-13-69-119-65-42-55-56-41-58(84)57-40-53(96)24-26-80(57,4)82(56,85)63(99)43-81(55,5)83(65,120-69)64(100)46-117-79(110)116-45-49-18-20-52(21-19-49)89-75(107)51(15-12-28-88-78(86)109)39-60(98)70(48(2)3)90-76(108)50(38-54(97)25-30-111-32-34-113-36-37-114-35-33-112-31-29-93-67(102)22-23-68(93)103)14-10-11-27-87-66(101)47-115-61-17-9-7-8-16-59-71(61)91-92-94(59)77-74(106)73(105)72(104)62(44-95)118-77/h18-24,26,40,48,50-51,55-56,58,61-63,65,69-70,72-74,77,95,99,104-106H,6-17,25,27-39,41-47H2,1-5H3,(H,87,101)(H,89,107)(H,90,108)(H3,86,88,109)/t50-,51+,55-,56-,58-,61?,62+,63-,65+,69?,70-,72-,73-,74+,77+,80-,81-,82-,83+/m0/s1. The molecule has 11 N–H and O–H groups in total. The third-order valence-electron chi connectivity index (χ3n) is 24.6. The Morgan fingerprint density at radius 3 is 2.12 bits per heavy atom. The lowest BCUT2D eigenvalue weighted by atomic mass is 9.44. The van der Waals surface area contributed by atoms with Crippen LogP contribution in [0, 0.1) is 40.4 Å². The third kappa shape index (κ3) is 22.2. The van der Waals surface area contributed by atoms with Gasteiger partial charge in [-0.1, -0.05) is 76.8 Å². The fourth-order valence-electron chi connectivity index (χ4n) is 18.2. The van der Waals surface area contributed by atoms with E-state index in [1.54, 1.807) is 32.9 Å². The molecule has 19 atom stereocenters. The van der Waals surface area contributed by atoms with E-state index in [9.17, 15) is 78.3 Å². The predicted octanol–water partition coefficient (Wildman–Crippen LogP) is 3.90. The Morgan fingerprint density at radius 2 is 1.43 bits per heavy atom. The van der Waals surface area contributed by atoms with Crippen LogP contribution in [0.25, 0.3) is 0 Å². The minimum atomic E-state index is -2.43. The van der Waals surface area contributed by atoms with E-state index in [0.29, 0.717) is 55.5 Å². The van der Waals surface area contributed by atoms with Gasteiger partial charge in [0.25, 0.3) is 11.8 Å². The topological polar surface area (TPSA) is 489 Å². The minimum absolute atomic E-state index is 0.00141. The van der Waals surface area contributed by atoms with E-state index < -0.39 is 191 Å². The lowest BCUT2D eigenvalue weighted by Gasteiger charge is -2.63. The Kier molecular flexibility index (Phi) is 33.8. The van der Waals surface area contributed by atoms with Crippen LogP contribution in [0.5, 0.6) is 0 Å². The van der Waals surface area contributed by atoms with Crippen LogP contribution in [0.3, 0.4) is 0 Å². The first kappa shape index (κ1) is 93.9. The quantitative estimate of drug-likeness (QED) is 0.0255. The number of urea groups is 1. The van der Waals surface area contributed by atoms with Crippen molar-refractivity contribution in [3.05, 3.63) is 77.2 Å². The van der Waals surface area contributed by atoms with Crippen LogP contribution in [-0.4, -0.2) is 269 Å². The first-order valence-electron chi connectivity index (χ1n) is 41.8. The molecule has 35 nitrogen and oxygen atoms in total. The van der Waals surface area contributed by atoms with Gasteiger partial charge in [0.1, 0.15) is 61.4 Å². The van der Waals surface area contributed by atoms with Crippen LogP contribution in [0.2, 0.25) is 0 Å². The monoisotopic (exact) mass is 1690 g/mol. The second kappa shape index (κ2) is 43.1. The molecule has 10 rings (SSSR count). The molecule has 3 saturated carbocycles. The number of hydrogen-bond acceptors (Lipinski definition) is 28. The van der Waals surface area contributed by atoms with Gasteiger partial charge < -0.3 is 99.9 Å². The highest BCUT2D eigenvalue weighted by atomic mass is 19.1. The van der Waals surface area contributed by atoms with Gasteiger partial charge in [-0.25, -0.2) is 23.1 Å². The third-order valence-corrected chi connectivity index (χ3v) is 24.6. The lowest BCUT2D eigenvalue weighted by Crippen LogP contribution is -2.71. The van der Waals surface area contributed by atoms with Crippen molar-refractivity contribution in [2.45, 2.75) is 236 Å². The number of ketones is 4. The van der Waals surface area contributed by atoms with Crippen molar-refractivity contribution >= 4 is 70.5 Å². The number of hydrogen-bond donors (Lipinski definition) is 10. The molecule has 120 heavy (non-hydrogen) atoms. The fourth-order valence-corrected chi connectivity index (χ4v) is 18.2. The number of imide groups is 1. The van der Waals surface area contributed by atoms with Gasteiger partial charge >= 0.3 is 12.2 Å². The molecular weight excluding hydrogens is 1580 g/mol. The molecule has 5 fully saturated rings. The summed E-state index contributed by atoms with van der Waals surface area (Å²) in [5.41, 5.74) is -0.342. The largest absolute Gasteiger partial charge is 0.509 e. The zero-order valence-electron chi connectivity index (χ0n) is 68.7.